The van der Waals surface area contributed by atoms with Crippen LogP contribution in [0.5, 0.6) is 0 Å². The number of carbonyl (C=O) groups excluding carboxylic acids is 1. The first kappa shape index (κ1) is 19.2. The normalized spacial score (nSPS) is 18.4. The number of aromatic nitrogens is 2. The SMILES string of the molecule is CC(C)OCCN1CCN(C(=O)c2n[nH]c3c2CNCC3)CC1.Cl. The van der Waals surface area contributed by atoms with Crippen molar-refractivity contribution in [3.8, 4) is 0 Å². The molecule has 1 amide bonds. The van der Waals surface area contributed by atoms with Crippen molar-refractivity contribution in [2.75, 3.05) is 45.9 Å². The number of nitrogens with one attached hydrogen (secondary N) is 2. The van der Waals surface area contributed by atoms with Crippen LogP contribution in [0, 0.1) is 0 Å². The van der Waals surface area contributed by atoms with E-state index in [1.807, 2.05) is 4.90 Å². The Morgan fingerprint density at radius 2 is 2.04 bits per heavy atom. The maximum absolute atomic E-state index is 12.7. The highest BCUT2D eigenvalue weighted by atomic mass is 35.5. The Labute approximate surface area is 149 Å². The maximum Gasteiger partial charge on any atom is 0.274 e. The van der Waals surface area contributed by atoms with Crippen LogP contribution in [-0.2, 0) is 17.7 Å². The summed E-state index contributed by atoms with van der Waals surface area (Å²) in [7, 11) is 0. The van der Waals surface area contributed by atoms with E-state index in [0.29, 0.717) is 5.69 Å². The first-order chi connectivity index (χ1) is 11.1. The van der Waals surface area contributed by atoms with Crippen molar-refractivity contribution in [2.45, 2.75) is 32.9 Å². The van der Waals surface area contributed by atoms with Crippen molar-refractivity contribution in [1.82, 2.24) is 25.3 Å². The largest absolute Gasteiger partial charge is 0.377 e. The molecule has 1 aromatic rings. The van der Waals surface area contributed by atoms with E-state index in [2.05, 4.69) is 34.3 Å². The summed E-state index contributed by atoms with van der Waals surface area (Å²) >= 11 is 0. The maximum atomic E-state index is 12.7. The molecule has 0 bridgehead atoms. The monoisotopic (exact) mass is 357 g/mol. The van der Waals surface area contributed by atoms with Crippen LogP contribution in [0.25, 0.3) is 0 Å². The number of piperazine rings is 1. The molecule has 0 aliphatic carbocycles. The van der Waals surface area contributed by atoms with E-state index in [4.69, 9.17) is 4.74 Å². The topological polar surface area (TPSA) is 73.5 Å². The van der Waals surface area contributed by atoms with Crippen molar-refractivity contribution in [2.24, 2.45) is 0 Å². The Morgan fingerprint density at radius 1 is 1.29 bits per heavy atom. The molecule has 3 rings (SSSR count). The van der Waals surface area contributed by atoms with Gasteiger partial charge in [-0.2, -0.15) is 5.10 Å². The Morgan fingerprint density at radius 3 is 2.75 bits per heavy atom. The third-order valence-electron chi connectivity index (χ3n) is 4.53. The molecule has 0 atom stereocenters. The van der Waals surface area contributed by atoms with Crippen LogP contribution in [0.1, 0.15) is 35.6 Å². The molecule has 136 valence electrons. The van der Waals surface area contributed by atoms with Gasteiger partial charge in [-0.25, -0.2) is 0 Å². The van der Waals surface area contributed by atoms with E-state index in [-0.39, 0.29) is 24.4 Å². The second kappa shape index (κ2) is 8.80. The zero-order chi connectivity index (χ0) is 16.2. The van der Waals surface area contributed by atoms with E-state index in [1.54, 1.807) is 0 Å². The molecular formula is C16H28ClN5O2. The highest BCUT2D eigenvalue weighted by Crippen LogP contribution is 2.17. The number of halogens is 1. The molecular weight excluding hydrogens is 330 g/mol. The number of ether oxygens (including phenoxy) is 1. The Hall–Kier alpha value is -1.15. The summed E-state index contributed by atoms with van der Waals surface area (Å²) in [5.41, 5.74) is 2.76. The van der Waals surface area contributed by atoms with Crippen LogP contribution in [0.3, 0.4) is 0 Å². The van der Waals surface area contributed by atoms with Gasteiger partial charge in [-0.3, -0.25) is 14.8 Å². The quantitative estimate of drug-likeness (QED) is 0.810. The molecule has 2 aliphatic rings. The van der Waals surface area contributed by atoms with Crippen LogP contribution in [0.15, 0.2) is 0 Å². The van der Waals surface area contributed by atoms with E-state index < -0.39 is 0 Å². The fraction of sp³-hybridized carbons (Fsp3) is 0.750. The average molecular weight is 358 g/mol. The summed E-state index contributed by atoms with van der Waals surface area (Å²) in [6.07, 6.45) is 1.19. The van der Waals surface area contributed by atoms with E-state index in [1.165, 1.54) is 0 Å². The van der Waals surface area contributed by atoms with Crippen molar-refractivity contribution in [1.29, 1.82) is 0 Å². The summed E-state index contributed by atoms with van der Waals surface area (Å²) in [6, 6.07) is 0. The molecule has 24 heavy (non-hydrogen) atoms. The van der Waals surface area contributed by atoms with Crippen LogP contribution in [0.4, 0.5) is 0 Å². The van der Waals surface area contributed by atoms with Gasteiger partial charge in [0, 0.05) is 63.5 Å². The summed E-state index contributed by atoms with van der Waals surface area (Å²) < 4.78 is 5.60. The molecule has 2 N–H and O–H groups in total. The lowest BCUT2D eigenvalue weighted by atomic mass is 10.1. The minimum absolute atomic E-state index is 0. The predicted octanol–water partition coefficient (Wildman–Crippen LogP) is 0.660. The summed E-state index contributed by atoms with van der Waals surface area (Å²) in [5, 5.41) is 10.6. The fourth-order valence-electron chi connectivity index (χ4n) is 3.14. The molecule has 0 spiro atoms. The van der Waals surface area contributed by atoms with Crippen LogP contribution >= 0.6 is 12.4 Å². The molecule has 2 aliphatic heterocycles. The fourth-order valence-corrected chi connectivity index (χ4v) is 3.14. The zero-order valence-corrected chi connectivity index (χ0v) is 15.3. The Bertz CT molecular complexity index is 541. The average Bonchev–Trinajstić information content (AvgIpc) is 2.98. The van der Waals surface area contributed by atoms with Crippen molar-refractivity contribution >= 4 is 18.3 Å². The predicted molar refractivity (Wildman–Crippen MR) is 94.7 cm³/mol. The standard InChI is InChI=1S/C16H27N5O2.ClH/c1-12(2)23-10-9-20-5-7-21(8-6-20)16(22)15-13-11-17-4-3-14(13)18-19-15;/h12,17H,3-11H2,1-2H3,(H,18,19);1H. The van der Waals surface area contributed by atoms with Crippen molar-refractivity contribution < 1.29 is 9.53 Å². The highest BCUT2D eigenvalue weighted by molar-refractivity contribution is 5.94. The summed E-state index contributed by atoms with van der Waals surface area (Å²) in [4.78, 5) is 17.0. The molecule has 1 saturated heterocycles. The number of fused-ring (bicyclic) bond motifs is 1. The van der Waals surface area contributed by atoms with Gasteiger partial charge in [-0.05, 0) is 13.8 Å². The number of hydrogen-bond donors (Lipinski definition) is 2. The van der Waals surface area contributed by atoms with Crippen LogP contribution < -0.4 is 5.32 Å². The second-order valence-electron chi connectivity index (χ2n) is 6.51. The lowest BCUT2D eigenvalue weighted by molar-refractivity contribution is 0.0404. The molecule has 3 heterocycles. The number of carbonyl (C=O) groups is 1. The third kappa shape index (κ3) is 4.47. The Kier molecular flexibility index (Phi) is 7.03. The number of hydrogen-bond acceptors (Lipinski definition) is 5. The number of amides is 1. The van der Waals surface area contributed by atoms with Gasteiger partial charge in [0.15, 0.2) is 5.69 Å². The second-order valence-corrected chi connectivity index (χ2v) is 6.51. The first-order valence-corrected chi connectivity index (χ1v) is 8.55. The molecule has 1 fully saturated rings. The van der Waals surface area contributed by atoms with Crippen molar-refractivity contribution in [3.05, 3.63) is 17.0 Å². The van der Waals surface area contributed by atoms with Gasteiger partial charge in [0.2, 0.25) is 0 Å². The minimum Gasteiger partial charge on any atom is -0.377 e. The number of H-pyrrole nitrogens is 1. The molecule has 0 saturated carbocycles. The van der Waals surface area contributed by atoms with Gasteiger partial charge in [0.1, 0.15) is 0 Å². The third-order valence-corrected chi connectivity index (χ3v) is 4.53. The summed E-state index contributed by atoms with van der Waals surface area (Å²) in [5.74, 6) is 0.0595. The number of aromatic amines is 1. The van der Waals surface area contributed by atoms with Gasteiger partial charge >= 0.3 is 0 Å². The molecule has 7 nitrogen and oxygen atoms in total. The van der Waals surface area contributed by atoms with Gasteiger partial charge in [0.05, 0.1) is 12.7 Å². The zero-order valence-electron chi connectivity index (χ0n) is 14.5. The van der Waals surface area contributed by atoms with Crippen LogP contribution in [-0.4, -0.2) is 77.9 Å². The van der Waals surface area contributed by atoms with E-state index >= 15 is 0 Å². The first-order valence-electron chi connectivity index (χ1n) is 8.55. The Balaban J connectivity index is 0.00000208. The smallest absolute Gasteiger partial charge is 0.274 e. The highest BCUT2D eigenvalue weighted by Gasteiger charge is 2.27. The molecule has 0 aromatic carbocycles. The lowest BCUT2D eigenvalue weighted by Crippen LogP contribution is -2.49. The van der Waals surface area contributed by atoms with E-state index in [0.717, 1.165) is 70.1 Å². The van der Waals surface area contributed by atoms with Gasteiger partial charge in [0.25, 0.3) is 5.91 Å². The van der Waals surface area contributed by atoms with Crippen LogP contribution in [0.2, 0.25) is 0 Å². The molecule has 1 aromatic heterocycles. The lowest BCUT2D eigenvalue weighted by Gasteiger charge is -2.34. The molecule has 0 unspecified atom stereocenters. The summed E-state index contributed by atoms with van der Waals surface area (Å²) in [6.45, 7) is 10.8. The van der Waals surface area contributed by atoms with Crippen molar-refractivity contribution in [3.63, 3.8) is 0 Å². The minimum atomic E-state index is 0. The number of rotatable bonds is 5. The number of nitrogens with zero attached hydrogens (tertiary/aromatic N) is 3. The van der Waals surface area contributed by atoms with Gasteiger partial charge in [-0.1, -0.05) is 0 Å². The molecule has 0 radical (unpaired) electrons. The van der Waals surface area contributed by atoms with Gasteiger partial charge in [-0.15, -0.1) is 12.4 Å². The van der Waals surface area contributed by atoms with E-state index in [9.17, 15) is 4.79 Å². The molecule has 8 heteroatoms. The van der Waals surface area contributed by atoms with Gasteiger partial charge < -0.3 is 15.0 Å².